The molecule has 2 rings (SSSR count). The van der Waals surface area contributed by atoms with Gasteiger partial charge >= 0.3 is 0 Å². The molecule has 0 unspecified atom stereocenters. The SMILES string of the molecule is COc1ccc(C(=O)NC(=S)Nc2cc(C)ccc2O)cc1I. The molecule has 2 aromatic rings. The first-order valence-corrected chi connectivity index (χ1v) is 8.15. The van der Waals surface area contributed by atoms with Crippen LogP contribution >= 0.6 is 34.8 Å². The lowest BCUT2D eigenvalue weighted by Gasteiger charge is -2.12. The van der Waals surface area contributed by atoms with Crippen molar-refractivity contribution in [3.63, 3.8) is 0 Å². The number of halogens is 1. The van der Waals surface area contributed by atoms with E-state index in [1.807, 2.05) is 6.92 Å². The van der Waals surface area contributed by atoms with Gasteiger partial charge in [0.1, 0.15) is 11.5 Å². The minimum atomic E-state index is -0.338. The summed E-state index contributed by atoms with van der Waals surface area (Å²) in [6.07, 6.45) is 0. The zero-order valence-corrected chi connectivity index (χ0v) is 15.5. The van der Waals surface area contributed by atoms with E-state index >= 15 is 0 Å². The number of carbonyl (C=O) groups is 1. The van der Waals surface area contributed by atoms with Crippen LogP contribution in [0.25, 0.3) is 0 Å². The molecule has 0 atom stereocenters. The Morgan fingerprint density at radius 3 is 2.65 bits per heavy atom. The molecular formula is C16H15IN2O3S. The molecule has 0 saturated carbocycles. The van der Waals surface area contributed by atoms with Crippen molar-refractivity contribution in [1.29, 1.82) is 0 Å². The van der Waals surface area contributed by atoms with Gasteiger partial charge in [-0.2, -0.15) is 0 Å². The lowest BCUT2D eigenvalue weighted by atomic mass is 10.2. The van der Waals surface area contributed by atoms with Crippen LogP contribution in [0.3, 0.4) is 0 Å². The van der Waals surface area contributed by atoms with Gasteiger partial charge < -0.3 is 15.2 Å². The molecule has 0 aromatic heterocycles. The van der Waals surface area contributed by atoms with Gasteiger partial charge in [-0.15, -0.1) is 0 Å². The predicted octanol–water partition coefficient (Wildman–Crippen LogP) is 3.44. The molecule has 0 aliphatic rings. The summed E-state index contributed by atoms with van der Waals surface area (Å²) in [5, 5.41) is 15.3. The van der Waals surface area contributed by atoms with Gasteiger partial charge in [-0.1, -0.05) is 6.07 Å². The van der Waals surface area contributed by atoms with Gasteiger partial charge in [0, 0.05) is 5.56 Å². The fraction of sp³-hybridized carbons (Fsp3) is 0.125. The number of amides is 1. The summed E-state index contributed by atoms with van der Waals surface area (Å²) < 4.78 is 5.99. The monoisotopic (exact) mass is 442 g/mol. The average Bonchev–Trinajstić information content (AvgIpc) is 2.50. The van der Waals surface area contributed by atoms with Crippen LogP contribution in [0.4, 0.5) is 5.69 Å². The zero-order chi connectivity index (χ0) is 17.0. The maximum absolute atomic E-state index is 12.2. The smallest absolute Gasteiger partial charge is 0.257 e. The third kappa shape index (κ3) is 4.55. The average molecular weight is 442 g/mol. The molecule has 120 valence electrons. The fourth-order valence-corrected chi connectivity index (χ4v) is 2.82. The first kappa shape index (κ1) is 17.5. The molecule has 0 fully saturated rings. The third-order valence-electron chi connectivity index (χ3n) is 3.04. The summed E-state index contributed by atoms with van der Waals surface area (Å²) >= 11 is 7.21. The number of hydrogen-bond acceptors (Lipinski definition) is 4. The Morgan fingerprint density at radius 1 is 1.26 bits per heavy atom. The van der Waals surface area contributed by atoms with Crippen molar-refractivity contribution in [2.24, 2.45) is 0 Å². The second-order valence-corrected chi connectivity index (χ2v) is 6.35. The lowest BCUT2D eigenvalue weighted by Crippen LogP contribution is -2.34. The van der Waals surface area contributed by atoms with Crippen molar-refractivity contribution in [2.45, 2.75) is 6.92 Å². The number of nitrogens with one attached hydrogen (secondary N) is 2. The number of phenols is 1. The lowest BCUT2D eigenvalue weighted by molar-refractivity contribution is 0.0977. The second-order valence-electron chi connectivity index (χ2n) is 4.78. The largest absolute Gasteiger partial charge is 0.506 e. The predicted molar refractivity (Wildman–Crippen MR) is 102 cm³/mol. The van der Waals surface area contributed by atoms with Gasteiger partial charge in [-0.25, -0.2) is 0 Å². The number of methoxy groups -OCH3 is 1. The highest BCUT2D eigenvalue weighted by atomic mass is 127. The van der Waals surface area contributed by atoms with E-state index < -0.39 is 0 Å². The number of hydrogen-bond donors (Lipinski definition) is 3. The molecule has 0 aliphatic carbocycles. The number of phenolic OH excluding ortho intramolecular Hbond substituents is 1. The Balaban J connectivity index is 2.06. The summed E-state index contributed by atoms with van der Waals surface area (Å²) in [5.74, 6) is 0.425. The highest BCUT2D eigenvalue weighted by Gasteiger charge is 2.11. The minimum absolute atomic E-state index is 0.0613. The highest BCUT2D eigenvalue weighted by Crippen LogP contribution is 2.24. The van der Waals surface area contributed by atoms with Gasteiger partial charge in [0.2, 0.25) is 0 Å². The van der Waals surface area contributed by atoms with Gasteiger partial charge in [-0.3, -0.25) is 10.1 Å². The van der Waals surface area contributed by atoms with Crippen LogP contribution in [0.5, 0.6) is 11.5 Å². The minimum Gasteiger partial charge on any atom is -0.506 e. The van der Waals surface area contributed by atoms with Crippen LogP contribution in [0.2, 0.25) is 0 Å². The van der Waals surface area contributed by atoms with E-state index in [0.717, 1.165) is 9.13 Å². The third-order valence-corrected chi connectivity index (χ3v) is 4.09. The fourth-order valence-electron chi connectivity index (χ4n) is 1.89. The van der Waals surface area contributed by atoms with E-state index in [2.05, 4.69) is 33.2 Å². The van der Waals surface area contributed by atoms with Gasteiger partial charge in [0.05, 0.1) is 16.4 Å². The summed E-state index contributed by atoms with van der Waals surface area (Å²) in [7, 11) is 1.57. The van der Waals surface area contributed by atoms with E-state index in [1.165, 1.54) is 0 Å². The van der Waals surface area contributed by atoms with E-state index in [0.29, 0.717) is 17.0 Å². The maximum Gasteiger partial charge on any atom is 0.257 e. The molecule has 3 N–H and O–H groups in total. The highest BCUT2D eigenvalue weighted by molar-refractivity contribution is 14.1. The summed E-state index contributed by atoms with van der Waals surface area (Å²) in [4.78, 5) is 12.2. The van der Waals surface area contributed by atoms with Crippen molar-refractivity contribution in [3.8, 4) is 11.5 Å². The number of carbonyl (C=O) groups excluding carboxylic acids is 1. The molecule has 1 amide bonds. The van der Waals surface area contributed by atoms with Crippen LogP contribution in [0.1, 0.15) is 15.9 Å². The number of aromatic hydroxyl groups is 1. The van der Waals surface area contributed by atoms with Crippen LogP contribution in [-0.4, -0.2) is 23.2 Å². The molecule has 0 saturated heterocycles. The van der Waals surface area contributed by atoms with Crippen molar-refractivity contribution < 1.29 is 14.6 Å². The van der Waals surface area contributed by atoms with Crippen LogP contribution in [0, 0.1) is 10.5 Å². The zero-order valence-electron chi connectivity index (χ0n) is 12.5. The summed E-state index contributed by atoms with van der Waals surface area (Å²) in [5.41, 5.74) is 1.87. The Labute approximate surface area is 153 Å². The first-order valence-electron chi connectivity index (χ1n) is 6.66. The van der Waals surface area contributed by atoms with E-state index in [-0.39, 0.29) is 16.8 Å². The molecule has 7 heteroatoms. The Hall–Kier alpha value is -1.87. The normalized spacial score (nSPS) is 10.0. The number of rotatable bonds is 3. The number of anilines is 1. The van der Waals surface area contributed by atoms with Crippen LogP contribution in [0.15, 0.2) is 36.4 Å². The first-order chi connectivity index (χ1) is 10.9. The number of ether oxygens (including phenoxy) is 1. The standard InChI is InChI=1S/C16H15IN2O3S/c1-9-3-5-13(20)12(7-9)18-16(23)19-15(21)10-4-6-14(22-2)11(17)8-10/h3-8,20H,1-2H3,(H2,18,19,21,23). The molecule has 0 spiro atoms. The molecular weight excluding hydrogens is 427 g/mol. The molecule has 0 radical (unpaired) electrons. The van der Waals surface area contributed by atoms with Crippen molar-refractivity contribution in [2.75, 3.05) is 12.4 Å². The van der Waals surface area contributed by atoms with Gasteiger partial charge in [0.15, 0.2) is 5.11 Å². The maximum atomic E-state index is 12.2. The number of aryl methyl sites for hydroxylation is 1. The van der Waals surface area contributed by atoms with Gasteiger partial charge in [0.25, 0.3) is 5.91 Å². The van der Waals surface area contributed by atoms with Crippen molar-refractivity contribution in [1.82, 2.24) is 5.32 Å². The molecule has 0 bridgehead atoms. The molecule has 0 heterocycles. The Morgan fingerprint density at radius 2 is 2.00 bits per heavy atom. The Bertz CT molecular complexity index is 765. The van der Waals surface area contributed by atoms with Crippen molar-refractivity contribution >= 4 is 51.5 Å². The van der Waals surface area contributed by atoms with Gasteiger partial charge in [-0.05, 0) is 77.6 Å². The van der Waals surface area contributed by atoms with E-state index in [9.17, 15) is 9.90 Å². The quantitative estimate of drug-likeness (QED) is 0.386. The topological polar surface area (TPSA) is 70.6 Å². The van der Waals surface area contributed by atoms with Crippen LogP contribution < -0.4 is 15.4 Å². The Kier molecular flexibility index (Phi) is 5.78. The van der Waals surface area contributed by atoms with E-state index in [4.69, 9.17) is 17.0 Å². The molecule has 23 heavy (non-hydrogen) atoms. The van der Waals surface area contributed by atoms with Crippen LogP contribution in [-0.2, 0) is 0 Å². The second kappa shape index (κ2) is 7.60. The number of benzene rings is 2. The summed E-state index contributed by atoms with van der Waals surface area (Å²) in [6.45, 7) is 1.89. The van der Waals surface area contributed by atoms with E-state index in [1.54, 1.807) is 43.5 Å². The number of thiocarbonyl (C=S) groups is 1. The van der Waals surface area contributed by atoms with Crippen molar-refractivity contribution in [3.05, 3.63) is 51.1 Å². The molecule has 2 aromatic carbocycles. The summed E-state index contributed by atoms with van der Waals surface area (Å²) in [6, 6.07) is 10.2. The molecule has 5 nitrogen and oxygen atoms in total. The molecule has 0 aliphatic heterocycles.